The number of hydrogen-bond donors (Lipinski definition) is 1. The normalized spacial score (nSPS) is 10.1. The van der Waals surface area contributed by atoms with E-state index >= 15 is 0 Å². The molecule has 0 aliphatic heterocycles. The van der Waals surface area contributed by atoms with Crippen molar-refractivity contribution in [2.24, 2.45) is 0 Å². The zero-order valence-corrected chi connectivity index (χ0v) is 9.11. The van der Waals surface area contributed by atoms with Crippen molar-refractivity contribution in [3.63, 3.8) is 0 Å². The fourth-order valence-electron chi connectivity index (χ4n) is 1.52. The number of benzene rings is 1. The van der Waals surface area contributed by atoms with Gasteiger partial charge in [0.2, 0.25) is 0 Å². The minimum atomic E-state index is -0.393. The molecule has 6 heteroatoms. The summed E-state index contributed by atoms with van der Waals surface area (Å²) in [4.78, 5) is 10.4. The van der Waals surface area contributed by atoms with Crippen LogP contribution < -0.4 is 5.32 Å². The minimum Gasteiger partial charge on any atom is -0.378 e. The summed E-state index contributed by atoms with van der Waals surface area (Å²) in [6.07, 6.45) is 3.55. The molecule has 0 aliphatic rings. The number of para-hydroxylation sites is 2. The number of nitrogens with zero attached hydrogens (tertiary/aromatic N) is 3. The van der Waals surface area contributed by atoms with Gasteiger partial charge in [-0.2, -0.15) is 5.10 Å². The maximum absolute atomic E-state index is 10.8. The Bertz CT molecular complexity index is 496. The van der Waals surface area contributed by atoms with Crippen molar-refractivity contribution in [3.05, 3.63) is 52.8 Å². The van der Waals surface area contributed by atoms with Crippen molar-refractivity contribution < 1.29 is 4.92 Å². The number of nitrogens with one attached hydrogen (secondary N) is 1. The third-order valence-electron chi connectivity index (χ3n) is 2.32. The number of nitro benzene ring substituents is 1. The van der Waals surface area contributed by atoms with Crippen LogP contribution in [0.4, 0.5) is 11.4 Å². The van der Waals surface area contributed by atoms with Gasteiger partial charge >= 0.3 is 0 Å². The Labute approximate surface area is 98.0 Å². The summed E-state index contributed by atoms with van der Waals surface area (Å²) < 4.78 is 1.77. The van der Waals surface area contributed by atoms with Gasteiger partial charge < -0.3 is 5.32 Å². The van der Waals surface area contributed by atoms with Crippen LogP contribution in [-0.2, 0) is 6.54 Å². The van der Waals surface area contributed by atoms with Crippen molar-refractivity contribution in [1.29, 1.82) is 0 Å². The first-order valence-electron chi connectivity index (χ1n) is 5.22. The average molecular weight is 232 g/mol. The van der Waals surface area contributed by atoms with Crippen molar-refractivity contribution in [2.75, 3.05) is 11.9 Å². The van der Waals surface area contributed by atoms with Crippen LogP contribution in [0.5, 0.6) is 0 Å². The van der Waals surface area contributed by atoms with E-state index in [1.165, 1.54) is 6.07 Å². The van der Waals surface area contributed by atoms with Crippen LogP contribution in [0.2, 0.25) is 0 Å². The van der Waals surface area contributed by atoms with E-state index in [4.69, 9.17) is 0 Å². The molecule has 88 valence electrons. The highest BCUT2D eigenvalue weighted by Crippen LogP contribution is 2.22. The molecule has 0 aliphatic carbocycles. The summed E-state index contributed by atoms with van der Waals surface area (Å²) in [5, 5.41) is 17.8. The van der Waals surface area contributed by atoms with Gasteiger partial charge in [0.1, 0.15) is 5.69 Å². The molecule has 0 atom stereocenters. The Morgan fingerprint density at radius 1 is 1.35 bits per heavy atom. The molecule has 0 amide bonds. The molecule has 1 aromatic heterocycles. The molecule has 0 unspecified atom stereocenters. The van der Waals surface area contributed by atoms with E-state index in [1.807, 2.05) is 12.3 Å². The minimum absolute atomic E-state index is 0.0907. The number of hydrogen-bond acceptors (Lipinski definition) is 4. The van der Waals surface area contributed by atoms with Crippen LogP contribution in [0.25, 0.3) is 0 Å². The van der Waals surface area contributed by atoms with Crippen molar-refractivity contribution in [3.8, 4) is 0 Å². The molecule has 17 heavy (non-hydrogen) atoms. The Morgan fingerprint density at radius 2 is 2.18 bits per heavy atom. The molecule has 6 nitrogen and oxygen atoms in total. The van der Waals surface area contributed by atoms with Gasteiger partial charge in [0.15, 0.2) is 0 Å². The number of aromatic nitrogens is 2. The first kappa shape index (κ1) is 11.1. The highest BCUT2D eigenvalue weighted by Gasteiger charge is 2.10. The third kappa shape index (κ3) is 2.81. The zero-order chi connectivity index (χ0) is 12.1. The summed E-state index contributed by atoms with van der Waals surface area (Å²) in [6.45, 7) is 1.26. The van der Waals surface area contributed by atoms with Crippen LogP contribution in [0.3, 0.4) is 0 Å². The van der Waals surface area contributed by atoms with Gasteiger partial charge in [-0.1, -0.05) is 12.1 Å². The molecule has 1 N–H and O–H groups in total. The van der Waals surface area contributed by atoms with Crippen LogP contribution in [-0.4, -0.2) is 21.2 Å². The Balaban J connectivity index is 1.97. The summed E-state index contributed by atoms with van der Waals surface area (Å²) in [5.74, 6) is 0. The highest BCUT2D eigenvalue weighted by atomic mass is 16.6. The summed E-state index contributed by atoms with van der Waals surface area (Å²) in [7, 11) is 0. The van der Waals surface area contributed by atoms with Crippen LogP contribution in [0, 0.1) is 10.1 Å². The molecule has 0 bridgehead atoms. The fraction of sp³-hybridized carbons (Fsp3) is 0.182. The van der Waals surface area contributed by atoms with E-state index < -0.39 is 4.92 Å². The van der Waals surface area contributed by atoms with Gasteiger partial charge in [0.25, 0.3) is 5.69 Å². The Hall–Kier alpha value is -2.37. The SMILES string of the molecule is O=[N+]([O-])c1ccccc1NCCn1cccn1. The Kier molecular flexibility index (Phi) is 3.34. The summed E-state index contributed by atoms with van der Waals surface area (Å²) in [6, 6.07) is 8.43. The molecule has 0 fully saturated rings. The first-order chi connectivity index (χ1) is 8.27. The monoisotopic (exact) mass is 232 g/mol. The second-order valence-corrected chi connectivity index (χ2v) is 3.47. The summed E-state index contributed by atoms with van der Waals surface area (Å²) in [5.41, 5.74) is 0.623. The molecule has 0 saturated heterocycles. The molecular formula is C11H12N4O2. The van der Waals surface area contributed by atoms with E-state index in [-0.39, 0.29) is 5.69 Å². The Morgan fingerprint density at radius 3 is 2.88 bits per heavy atom. The quantitative estimate of drug-likeness (QED) is 0.631. The highest BCUT2D eigenvalue weighted by molar-refractivity contribution is 5.60. The predicted molar refractivity (Wildman–Crippen MR) is 63.8 cm³/mol. The molecular weight excluding hydrogens is 220 g/mol. The fourth-order valence-corrected chi connectivity index (χ4v) is 1.52. The second kappa shape index (κ2) is 5.11. The van der Waals surface area contributed by atoms with Crippen LogP contribution in [0.15, 0.2) is 42.7 Å². The van der Waals surface area contributed by atoms with E-state index in [1.54, 1.807) is 29.1 Å². The van der Waals surface area contributed by atoms with Gasteiger partial charge in [-0.25, -0.2) is 0 Å². The van der Waals surface area contributed by atoms with E-state index in [0.29, 0.717) is 18.8 Å². The lowest BCUT2D eigenvalue weighted by molar-refractivity contribution is -0.384. The lowest BCUT2D eigenvalue weighted by Gasteiger charge is -2.06. The summed E-state index contributed by atoms with van der Waals surface area (Å²) >= 11 is 0. The molecule has 1 aromatic carbocycles. The average Bonchev–Trinajstić information content (AvgIpc) is 2.82. The largest absolute Gasteiger partial charge is 0.378 e. The topological polar surface area (TPSA) is 73.0 Å². The van der Waals surface area contributed by atoms with Gasteiger partial charge in [0.05, 0.1) is 11.5 Å². The molecule has 0 saturated carbocycles. The van der Waals surface area contributed by atoms with Crippen LogP contribution in [0.1, 0.15) is 0 Å². The molecule has 1 heterocycles. The van der Waals surface area contributed by atoms with Crippen molar-refractivity contribution >= 4 is 11.4 Å². The smallest absolute Gasteiger partial charge is 0.292 e. The number of rotatable bonds is 5. The maximum atomic E-state index is 10.8. The van der Waals surface area contributed by atoms with E-state index in [0.717, 1.165) is 0 Å². The van der Waals surface area contributed by atoms with Gasteiger partial charge in [-0.15, -0.1) is 0 Å². The molecule has 0 spiro atoms. The molecule has 2 rings (SSSR count). The predicted octanol–water partition coefficient (Wildman–Crippen LogP) is 1.90. The van der Waals surface area contributed by atoms with Crippen LogP contribution >= 0.6 is 0 Å². The third-order valence-corrected chi connectivity index (χ3v) is 2.32. The lowest BCUT2D eigenvalue weighted by Crippen LogP contribution is -2.11. The second-order valence-electron chi connectivity index (χ2n) is 3.47. The standard InChI is InChI=1S/C11H12N4O2/c16-15(17)11-5-2-1-4-10(11)12-7-9-14-8-3-6-13-14/h1-6,8,12H,7,9H2. The number of anilines is 1. The molecule has 0 radical (unpaired) electrons. The van der Waals surface area contributed by atoms with Gasteiger partial charge in [-0.05, 0) is 12.1 Å². The van der Waals surface area contributed by atoms with E-state index in [2.05, 4.69) is 10.4 Å². The lowest BCUT2D eigenvalue weighted by atomic mass is 10.2. The first-order valence-corrected chi connectivity index (χ1v) is 5.22. The maximum Gasteiger partial charge on any atom is 0.292 e. The number of nitro groups is 1. The molecule has 2 aromatic rings. The van der Waals surface area contributed by atoms with Gasteiger partial charge in [-0.3, -0.25) is 14.8 Å². The van der Waals surface area contributed by atoms with Crippen molar-refractivity contribution in [2.45, 2.75) is 6.54 Å². The van der Waals surface area contributed by atoms with Crippen molar-refractivity contribution in [1.82, 2.24) is 9.78 Å². The van der Waals surface area contributed by atoms with E-state index in [9.17, 15) is 10.1 Å². The van der Waals surface area contributed by atoms with Gasteiger partial charge in [0, 0.05) is 25.0 Å². The zero-order valence-electron chi connectivity index (χ0n) is 9.11.